The van der Waals surface area contributed by atoms with E-state index in [9.17, 15) is 14.7 Å². The van der Waals surface area contributed by atoms with Crippen LogP contribution < -0.4 is 21.2 Å². The lowest BCUT2D eigenvalue weighted by Gasteiger charge is -2.17. The number of nitrogens with one attached hydrogen (secondary N) is 1. The highest BCUT2D eigenvalue weighted by Gasteiger charge is 2.32. The van der Waals surface area contributed by atoms with Gasteiger partial charge in [-0.15, -0.1) is 0 Å². The standard InChI is InChI=1S/C29H29N7O4/c1-29(2)11-17-10-23-28(39)36(32-16-35(23)24(17)12-29)26-21(15-37)20(7-8-30-26)18-9-22(27(38)34(3)14-18)33-25-6-5-19(40-4)13-31-25/h5-10,13-14,16,37H,11-12,15H2,1-4H3,(H,31,33). The number of hydrogen-bond acceptors (Lipinski definition) is 8. The van der Waals surface area contributed by atoms with Crippen molar-refractivity contribution in [3.63, 3.8) is 0 Å². The molecule has 204 valence electrons. The average Bonchev–Trinajstić information content (AvgIpc) is 3.43. The lowest BCUT2D eigenvalue weighted by molar-refractivity contribution is 0.281. The normalized spacial score (nSPS) is 13.9. The van der Waals surface area contributed by atoms with Crippen LogP contribution in [0.15, 0.2) is 64.8 Å². The molecule has 5 aromatic rings. The summed E-state index contributed by atoms with van der Waals surface area (Å²) in [6.07, 6.45) is 8.19. The Kier molecular flexibility index (Phi) is 6.03. The summed E-state index contributed by atoms with van der Waals surface area (Å²) in [5.41, 5.74) is 4.32. The first-order chi connectivity index (χ1) is 19.2. The number of aliphatic hydroxyl groups excluding tert-OH is 1. The van der Waals surface area contributed by atoms with Gasteiger partial charge >= 0.3 is 0 Å². The number of nitrogens with zero attached hydrogens (tertiary/aromatic N) is 6. The van der Waals surface area contributed by atoms with E-state index in [1.165, 1.54) is 9.25 Å². The first-order valence-corrected chi connectivity index (χ1v) is 12.9. The number of hydrogen-bond donors (Lipinski definition) is 2. The molecule has 5 heterocycles. The Morgan fingerprint density at radius 1 is 1.10 bits per heavy atom. The van der Waals surface area contributed by atoms with Gasteiger partial charge in [0.15, 0.2) is 5.82 Å². The third-order valence-corrected chi connectivity index (χ3v) is 7.36. The molecule has 0 bridgehead atoms. The fraction of sp³-hybridized carbons (Fsp3) is 0.276. The van der Waals surface area contributed by atoms with Crippen LogP contribution in [0.4, 0.5) is 11.5 Å². The second-order valence-corrected chi connectivity index (χ2v) is 10.8. The maximum absolute atomic E-state index is 13.6. The molecule has 40 heavy (non-hydrogen) atoms. The first-order valence-electron chi connectivity index (χ1n) is 12.9. The smallest absolute Gasteiger partial charge is 0.297 e. The van der Waals surface area contributed by atoms with Crippen LogP contribution in [0.25, 0.3) is 22.5 Å². The average molecular weight is 540 g/mol. The number of methoxy groups -OCH3 is 1. The number of aromatic nitrogens is 6. The second-order valence-electron chi connectivity index (χ2n) is 10.8. The number of pyridine rings is 3. The monoisotopic (exact) mass is 539 g/mol. The van der Waals surface area contributed by atoms with Crippen molar-refractivity contribution >= 4 is 17.0 Å². The zero-order valence-corrected chi connectivity index (χ0v) is 22.7. The quantitative estimate of drug-likeness (QED) is 0.337. The number of aliphatic hydroxyl groups is 1. The third-order valence-electron chi connectivity index (χ3n) is 7.36. The van der Waals surface area contributed by atoms with Gasteiger partial charge in [0.25, 0.3) is 11.1 Å². The van der Waals surface area contributed by atoms with Crippen molar-refractivity contribution in [2.45, 2.75) is 33.3 Å². The third kappa shape index (κ3) is 4.24. The van der Waals surface area contributed by atoms with Crippen molar-refractivity contribution in [1.82, 2.24) is 28.7 Å². The topological polar surface area (TPSA) is 129 Å². The van der Waals surface area contributed by atoms with Gasteiger partial charge in [0.2, 0.25) is 0 Å². The van der Waals surface area contributed by atoms with Crippen molar-refractivity contribution < 1.29 is 9.84 Å². The highest BCUT2D eigenvalue weighted by atomic mass is 16.5. The van der Waals surface area contributed by atoms with Gasteiger partial charge in [0.1, 0.15) is 29.1 Å². The molecule has 0 saturated carbocycles. The van der Waals surface area contributed by atoms with E-state index in [1.54, 1.807) is 63.3 Å². The van der Waals surface area contributed by atoms with Gasteiger partial charge in [-0.3, -0.25) is 14.0 Å². The van der Waals surface area contributed by atoms with Crippen LogP contribution in [0.5, 0.6) is 5.75 Å². The van der Waals surface area contributed by atoms with Crippen LogP contribution in [0, 0.1) is 5.41 Å². The Balaban J connectivity index is 1.44. The summed E-state index contributed by atoms with van der Waals surface area (Å²) >= 11 is 0. The highest BCUT2D eigenvalue weighted by molar-refractivity contribution is 5.73. The molecule has 0 fully saturated rings. The van der Waals surface area contributed by atoms with E-state index in [-0.39, 0.29) is 22.4 Å². The molecule has 0 radical (unpaired) electrons. The minimum absolute atomic E-state index is 0.146. The molecule has 0 spiro atoms. The van der Waals surface area contributed by atoms with E-state index in [4.69, 9.17) is 4.74 Å². The molecule has 0 aliphatic heterocycles. The maximum Gasteiger partial charge on any atom is 0.297 e. The summed E-state index contributed by atoms with van der Waals surface area (Å²) in [5, 5.41) is 18.0. The van der Waals surface area contributed by atoms with Gasteiger partial charge in [-0.05, 0) is 59.7 Å². The van der Waals surface area contributed by atoms with Crippen molar-refractivity contribution in [3.8, 4) is 22.7 Å². The van der Waals surface area contributed by atoms with Crippen LogP contribution in [-0.2, 0) is 26.5 Å². The molecule has 6 rings (SSSR count). The lowest BCUT2D eigenvalue weighted by atomic mass is 9.90. The largest absolute Gasteiger partial charge is 0.495 e. The minimum Gasteiger partial charge on any atom is -0.495 e. The van der Waals surface area contributed by atoms with Crippen LogP contribution in [0.3, 0.4) is 0 Å². The molecule has 1 aliphatic rings. The molecule has 2 N–H and O–H groups in total. The SMILES string of the molecule is COc1ccc(Nc2cc(-c3ccnc(-n4ncn5c6c(cc5c4=O)CC(C)(C)C6)c3CO)cn(C)c2=O)nc1. The van der Waals surface area contributed by atoms with E-state index in [2.05, 4.69) is 34.2 Å². The van der Waals surface area contributed by atoms with Gasteiger partial charge < -0.3 is 19.7 Å². The Morgan fingerprint density at radius 2 is 1.93 bits per heavy atom. The van der Waals surface area contributed by atoms with Crippen LogP contribution >= 0.6 is 0 Å². The van der Waals surface area contributed by atoms with Crippen molar-refractivity contribution in [2.75, 3.05) is 12.4 Å². The molecular weight excluding hydrogens is 510 g/mol. The van der Waals surface area contributed by atoms with Gasteiger partial charge in [0, 0.05) is 36.3 Å². The number of rotatable bonds is 6. The summed E-state index contributed by atoms with van der Waals surface area (Å²) in [5.74, 6) is 1.30. The summed E-state index contributed by atoms with van der Waals surface area (Å²) in [7, 11) is 3.20. The molecular formula is C29H29N7O4. The van der Waals surface area contributed by atoms with E-state index in [0.717, 1.165) is 24.1 Å². The fourth-order valence-electron chi connectivity index (χ4n) is 5.46. The van der Waals surface area contributed by atoms with Crippen LogP contribution in [-0.4, -0.2) is 40.9 Å². The van der Waals surface area contributed by atoms with E-state index >= 15 is 0 Å². The molecule has 0 saturated heterocycles. The molecule has 11 heteroatoms. The number of aryl methyl sites for hydroxylation is 1. The van der Waals surface area contributed by atoms with Gasteiger partial charge in [-0.25, -0.2) is 9.97 Å². The Morgan fingerprint density at radius 3 is 2.65 bits per heavy atom. The number of fused-ring (bicyclic) bond motifs is 3. The second kappa shape index (κ2) is 9.45. The first kappa shape index (κ1) is 25.5. The van der Waals surface area contributed by atoms with E-state index in [1.807, 2.05) is 10.5 Å². The Labute approximate surface area is 229 Å². The van der Waals surface area contributed by atoms with Gasteiger partial charge in [-0.2, -0.15) is 9.78 Å². The maximum atomic E-state index is 13.6. The molecule has 0 unspecified atom stereocenters. The molecule has 11 nitrogen and oxygen atoms in total. The summed E-state index contributed by atoms with van der Waals surface area (Å²) in [6, 6.07) is 8.81. The molecule has 0 atom stereocenters. The molecule has 1 aliphatic carbocycles. The fourth-order valence-corrected chi connectivity index (χ4v) is 5.46. The molecule has 5 aromatic heterocycles. The lowest BCUT2D eigenvalue weighted by Crippen LogP contribution is -2.26. The van der Waals surface area contributed by atoms with Crippen LogP contribution in [0.2, 0.25) is 0 Å². The Hall–Kier alpha value is -4.77. The van der Waals surface area contributed by atoms with Gasteiger partial charge in [-0.1, -0.05) is 13.8 Å². The highest BCUT2D eigenvalue weighted by Crippen LogP contribution is 2.37. The van der Waals surface area contributed by atoms with Crippen LogP contribution in [0.1, 0.15) is 30.7 Å². The van der Waals surface area contributed by atoms with E-state index in [0.29, 0.717) is 39.5 Å². The van der Waals surface area contributed by atoms with E-state index < -0.39 is 6.61 Å². The minimum atomic E-state index is -0.394. The zero-order chi connectivity index (χ0) is 28.2. The number of ether oxygens (including phenoxy) is 1. The van der Waals surface area contributed by atoms with Crippen molar-refractivity contribution in [2.24, 2.45) is 12.5 Å². The summed E-state index contributed by atoms with van der Waals surface area (Å²) < 4.78 is 9.69. The summed E-state index contributed by atoms with van der Waals surface area (Å²) in [6.45, 7) is 4.03. The zero-order valence-electron chi connectivity index (χ0n) is 22.7. The Bertz CT molecular complexity index is 1880. The van der Waals surface area contributed by atoms with Crippen molar-refractivity contribution in [1.29, 1.82) is 0 Å². The summed E-state index contributed by atoms with van der Waals surface area (Å²) in [4.78, 5) is 35.2. The molecule has 0 amide bonds. The van der Waals surface area contributed by atoms with Gasteiger partial charge in [0.05, 0.1) is 19.9 Å². The van der Waals surface area contributed by atoms with Crippen molar-refractivity contribution in [3.05, 3.63) is 92.8 Å². The number of anilines is 2. The molecule has 0 aromatic carbocycles. The predicted octanol–water partition coefficient (Wildman–Crippen LogP) is 3.01. The predicted molar refractivity (Wildman–Crippen MR) is 150 cm³/mol.